The maximum Gasteiger partial charge on any atom is 0.333 e. The monoisotopic (exact) mass is 292 g/mol. The zero-order chi connectivity index (χ0) is 15.1. The fourth-order valence-electron chi connectivity index (χ4n) is 1.39. The summed E-state index contributed by atoms with van der Waals surface area (Å²) >= 11 is 4.58. The zero-order valence-electron chi connectivity index (χ0n) is 11.1. The minimum absolute atomic E-state index is 0.0432. The lowest BCUT2D eigenvalue weighted by molar-refractivity contribution is -0.140. The standard InChI is InChI=1S/C14H16N2O3S/c1-9(2)13(18)19-8-11-5-3-10(4-6-11)7-12(17)16-14(15)20/h3-6H,1,7-8H2,2H3,(H3,15,16,17,20). The molecule has 0 fully saturated rings. The molecular formula is C14H16N2O3S. The van der Waals surface area contributed by atoms with Gasteiger partial charge in [0.05, 0.1) is 6.42 Å². The Kier molecular flexibility index (Phi) is 5.86. The zero-order valence-corrected chi connectivity index (χ0v) is 12.0. The molecule has 0 bridgehead atoms. The van der Waals surface area contributed by atoms with Gasteiger partial charge in [0.2, 0.25) is 5.91 Å². The first-order valence-corrected chi connectivity index (χ1v) is 6.29. The molecular weight excluding hydrogens is 276 g/mol. The molecule has 0 heterocycles. The van der Waals surface area contributed by atoms with Crippen molar-refractivity contribution in [2.45, 2.75) is 20.0 Å². The summed E-state index contributed by atoms with van der Waals surface area (Å²) in [5.41, 5.74) is 7.21. The maximum absolute atomic E-state index is 11.4. The minimum atomic E-state index is -0.426. The highest BCUT2D eigenvalue weighted by molar-refractivity contribution is 7.80. The number of carbonyl (C=O) groups excluding carboxylic acids is 2. The second-order valence-corrected chi connectivity index (χ2v) is 4.70. The summed E-state index contributed by atoms with van der Waals surface area (Å²) in [6, 6.07) is 7.14. The number of hydrogen-bond acceptors (Lipinski definition) is 4. The highest BCUT2D eigenvalue weighted by Gasteiger charge is 2.06. The molecule has 0 saturated carbocycles. The number of amides is 1. The average molecular weight is 292 g/mol. The third-order valence-electron chi connectivity index (χ3n) is 2.37. The predicted octanol–water partition coefficient (Wildman–Crippen LogP) is 1.21. The van der Waals surface area contributed by atoms with Crippen LogP contribution in [0.5, 0.6) is 0 Å². The van der Waals surface area contributed by atoms with Crippen molar-refractivity contribution in [2.75, 3.05) is 0 Å². The Morgan fingerprint density at radius 2 is 1.85 bits per heavy atom. The number of benzene rings is 1. The van der Waals surface area contributed by atoms with E-state index in [1.54, 1.807) is 31.2 Å². The number of carbonyl (C=O) groups is 2. The van der Waals surface area contributed by atoms with Crippen LogP contribution in [0.4, 0.5) is 0 Å². The number of nitrogens with two attached hydrogens (primary N) is 1. The molecule has 0 aliphatic rings. The van der Waals surface area contributed by atoms with Crippen LogP contribution in [0.25, 0.3) is 0 Å². The molecule has 0 spiro atoms. The van der Waals surface area contributed by atoms with Crippen LogP contribution in [-0.4, -0.2) is 17.0 Å². The van der Waals surface area contributed by atoms with Crippen molar-refractivity contribution in [2.24, 2.45) is 5.73 Å². The maximum atomic E-state index is 11.4. The van der Waals surface area contributed by atoms with E-state index in [1.807, 2.05) is 0 Å². The summed E-state index contributed by atoms with van der Waals surface area (Å²) in [5, 5.41) is 2.31. The normalized spacial score (nSPS) is 9.65. The molecule has 1 amide bonds. The van der Waals surface area contributed by atoms with E-state index in [4.69, 9.17) is 10.5 Å². The molecule has 20 heavy (non-hydrogen) atoms. The summed E-state index contributed by atoms with van der Waals surface area (Å²) in [7, 11) is 0. The summed E-state index contributed by atoms with van der Waals surface area (Å²) in [4.78, 5) is 22.7. The van der Waals surface area contributed by atoms with Gasteiger partial charge in [-0.05, 0) is 30.3 Å². The Labute approximate surface area is 122 Å². The first-order chi connectivity index (χ1) is 9.38. The van der Waals surface area contributed by atoms with Crippen molar-refractivity contribution in [1.29, 1.82) is 0 Å². The van der Waals surface area contributed by atoms with Gasteiger partial charge in [0, 0.05) is 5.57 Å². The first-order valence-electron chi connectivity index (χ1n) is 5.88. The van der Waals surface area contributed by atoms with E-state index < -0.39 is 5.97 Å². The van der Waals surface area contributed by atoms with E-state index in [0.717, 1.165) is 11.1 Å². The highest BCUT2D eigenvalue weighted by atomic mass is 32.1. The third kappa shape index (κ3) is 5.62. The fourth-order valence-corrected chi connectivity index (χ4v) is 1.51. The van der Waals surface area contributed by atoms with Crippen molar-refractivity contribution < 1.29 is 14.3 Å². The van der Waals surface area contributed by atoms with Crippen LogP contribution in [0.15, 0.2) is 36.4 Å². The van der Waals surface area contributed by atoms with Crippen LogP contribution in [0.1, 0.15) is 18.1 Å². The van der Waals surface area contributed by atoms with Crippen LogP contribution in [-0.2, 0) is 27.4 Å². The number of esters is 1. The Hall–Kier alpha value is -2.21. The van der Waals surface area contributed by atoms with Gasteiger partial charge >= 0.3 is 5.97 Å². The van der Waals surface area contributed by atoms with E-state index in [9.17, 15) is 9.59 Å². The molecule has 0 aliphatic heterocycles. The topological polar surface area (TPSA) is 81.4 Å². The van der Waals surface area contributed by atoms with Gasteiger partial charge in [-0.25, -0.2) is 4.79 Å². The highest BCUT2D eigenvalue weighted by Crippen LogP contribution is 2.07. The summed E-state index contributed by atoms with van der Waals surface area (Å²) in [6.45, 7) is 5.26. The lowest BCUT2D eigenvalue weighted by Crippen LogP contribution is -2.35. The number of rotatable bonds is 5. The van der Waals surface area contributed by atoms with Crippen molar-refractivity contribution in [3.05, 3.63) is 47.5 Å². The van der Waals surface area contributed by atoms with Crippen LogP contribution >= 0.6 is 12.2 Å². The van der Waals surface area contributed by atoms with Crippen molar-refractivity contribution in [3.63, 3.8) is 0 Å². The largest absolute Gasteiger partial charge is 0.457 e. The molecule has 5 nitrogen and oxygen atoms in total. The Balaban J connectivity index is 2.52. The van der Waals surface area contributed by atoms with Gasteiger partial charge in [-0.2, -0.15) is 0 Å². The van der Waals surface area contributed by atoms with Crippen LogP contribution < -0.4 is 11.1 Å². The van der Waals surface area contributed by atoms with Crippen molar-refractivity contribution in [3.8, 4) is 0 Å². The molecule has 0 aliphatic carbocycles. The summed E-state index contributed by atoms with van der Waals surface area (Å²) < 4.78 is 5.01. The smallest absolute Gasteiger partial charge is 0.333 e. The van der Waals surface area contributed by atoms with Gasteiger partial charge in [-0.1, -0.05) is 30.8 Å². The Bertz CT molecular complexity index is 538. The van der Waals surface area contributed by atoms with Gasteiger partial charge in [-0.15, -0.1) is 0 Å². The SMILES string of the molecule is C=C(C)C(=O)OCc1ccc(CC(=O)NC(N)=S)cc1. The summed E-state index contributed by atoms with van der Waals surface area (Å²) in [5.74, 6) is -0.691. The van der Waals surface area contributed by atoms with Crippen molar-refractivity contribution in [1.82, 2.24) is 5.32 Å². The molecule has 3 N–H and O–H groups in total. The first kappa shape index (κ1) is 15.8. The third-order valence-corrected chi connectivity index (χ3v) is 2.47. The van der Waals surface area contributed by atoms with E-state index in [2.05, 4.69) is 24.1 Å². The second kappa shape index (κ2) is 7.40. The van der Waals surface area contributed by atoms with E-state index in [-0.39, 0.29) is 24.0 Å². The molecule has 0 atom stereocenters. The lowest BCUT2D eigenvalue weighted by atomic mass is 10.1. The van der Waals surface area contributed by atoms with E-state index in [0.29, 0.717) is 5.57 Å². The predicted molar refractivity (Wildman–Crippen MR) is 79.7 cm³/mol. The fraction of sp³-hybridized carbons (Fsp3) is 0.214. The Morgan fingerprint density at radius 3 is 2.35 bits per heavy atom. The van der Waals surface area contributed by atoms with Gasteiger partial charge in [-0.3, -0.25) is 4.79 Å². The van der Waals surface area contributed by atoms with Gasteiger partial charge in [0.15, 0.2) is 5.11 Å². The van der Waals surface area contributed by atoms with Gasteiger partial charge < -0.3 is 15.8 Å². The van der Waals surface area contributed by atoms with E-state index in [1.165, 1.54) is 0 Å². The van der Waals surface area contributed by atoms with Gasteiger partial charge in [0.1, 0.15) is 6.61 Å². The Morgan fingerprint density at radius 1 is 1.30 bits per heavy atom. The van der Waals surface area contributed by atoms with Crippen molar-refractivity contribution >= 4 is 29.2 Å². The number of hydrogen-bond donors (Lipinski definition) is 2. The quantitative estimate of drug-likeness (QED) is 0.484. The van der Waals surface area contributed by atoms with E-state index >= 15 is 0 Å². The van der Waals surface area contributed by atoms with Crippen LogP contribution in [0.3, 0.4) is 0 Å². The number of thiocarbonyl (C=S) groups is 1. The number of nitrogens with one attached hydrogen (secondary N) is 1. The second-order valence-electron chi connectivity index (χ2n) is 4.26. The average Bonchev–Trinajstić information content (AvgIpc) is 2.36. The molecule has 1 aromatic rings. The summed E-state index contributed by atoms with van der Waals surface area (Å²) in [6.07, 6.45) is 0.184. The van der Waals surface area contributed by atoms with Crippen LogP contribution in [0.2, 0.25) is 0 Å². The molecule has 0 unspecified atom stereocenters. The molecule has 6 heteroatoms. The van der Waals surface area contributed by atoms with Gasteiger partial charge in [0.25, 0.3) is 0 Å². The molecule has 1 rings (SSSR count). The molecule has 0 saturated heterocycles. The number of ether oxygens (including phenoxy) is 1. The lowest BCUT2D eigenvalue weighted by Gasteiger charge is -2.06. The molecule has 0 aromatic heterocycles. The minimum Gasteiger partial charge on any atom is -0.457 e. The molecule has 106 valence electrons. The molecule has 0 radical (unpaired) electrons. The van der Waals surface area contributed by atoms with Crippen LogP contribution in [0, 0.1) is 0 Å². The molecule has 1 aromatic carbocycles.